The van der Waals surface area contributed by atoms with Gasteiger partial charge in [-0.1, -0.05) is 11.6 Å². The molecule has 0 fully saturated rings. The molecule has 2 N–H and O–H groups in total. The molecular weight excluding hydrogens is 302 g/mol. The number of allylic oxidation sites excluding steroid dienone is 2. The molecule has 2 rings (SSSR count). The van der Waals surface area contributed by atoms with Gasteiger partial charge in [-0.15, -0.1) is 0 Å². The first kappa shape index (κ1) is 16.1. The molecule has 1 aromatic carbocycles. The Morgan fingerprint density at radius 2 is 2.05 bits per heavy atom. The van der Waals surface area contributed by atoms with Crippen molar-refractivity contribution >= 4 is 28.7 Å². The molecule has 0 amide bonds. The van der Waals surface area contributed by atoms with E-state index in [4.69, 9.17) is 21.7 Å². The summed E-state index contributed by atoms with van der Waals surface area (Å²) < 4.78 is 5.46. The Morgan fingerprint density at radius 1 is 1.32 bits per heavy atom. The molecule has 0 aromatic heterocycles. The molecule has 1 aromatic rings. The van der Waals surface area contributed by atoms with Gasteiger partial charge in [0.1, 0.15) is 11.5 Å². The SMILES string of the molecule is CCOC1=C/C(=N\c2ccc(O)cc2Cl)C(N(C)C)=CC1=N. The summed E-state index contributed by atoms with van der Waals surface area (Å²) in [7, 11) is 3.76. The standard InChI is InChI=1S/C16H18ClN3O2/c1-4-22-16-9-14(15(20(2)3)8-12(16)18)19-13-6-5-10(21)7-11(13)17/h5-9,18,21H,4H2,1-3H3/b18-12?,19-14+. The molecule has 22 heavy (non-hydrogen) atoms. The van der Waals surface area contributed by atoms with Crippen molar-refractivity contribution in [2.24, 2.45) is 4.99 Å². The number of aliphatic imine (C=N–C) groups is 1. The highest BCUT2D eigenvalue weighted by molar-refractivity contribution is 6.33. The maximum Gasteiger partial charge on any atom is 0.146 e. The van der Waals surface area contributed by atoms with Crippen molar-refractivity contribution in [2.45, 2.75) is 6.92 Å². The van der Waals surface area contributed by atoms with E-state index < -0.39 is 0 Å². The van der Waals surface area contributed by atoms with Gasteiger partial charge in [-0.3, -0.25) is 5.41 Å². The number of halogens is 1. The number of nitrogens with one attached hydrogen (secondary N) is 1. The number of benzene rings is 1. The Labute approximate surface area is 134 Å². The first-order valence-corrected chi connectivity index (χ1v) is 7.20. The fraction of sp³-hybridized carbons (Fsp3) is 0.250. The van der Waals surface area contributed by atoms with Gasteiger partial charge in [-0.2, -0.15) is 0 Å². The fourth-order valence-corrected chi connectivity index (χ4v) is 2.21. The predicted molar refractivity (Wildman–Crippen MR) is 89.4 cm³/mol. The quantitative estimate of drug-likeness (QED) is 0.834. The van der Waals surface area contributed by atoms with E-state index in [1.54, 1.807) is 18.2 Å². The zero-order valence-electron chi connectivity index (χ0n) is 12.7. The molecule has 1 aliphatic rings. The minimum Gasteiger partial charge on any atom is -0.508 e. The summed E-state index contributed by atoms with van der Waals surface area (Å²) in [5.74, 6) is 0.565. The van der Waals surface area contributed by atoms with Crippen molar-refractivity contribution in [1.29, 1.82) is 5.41 Å². The third-order valence-electron chi connectivity index (χ3n) is 3.03. The zero-order chi connectivity index (χ0) is 16.3. The molecule has 6 heteroatoms. The second-order valence-electron chi connectivity index (χ2n) is 4.91. The summed E-state index contributed by atoms with van der Waals surface area (Å²) in [6.45, 7) is 2.35. The normalized spacial score (nSPS) is 16.4. The number of aromatic hydroxyl groups is 1. The molecule has 0 heterocycles. The smallest absolute Gasteiger partial charge is 0.146 e. The largest absolute Gasteiger partial charge is 0.508 e. The number of rotatable bonds is 4. The predicted octanol–water partition coefficient (Wildman–Crippen LogP) is 3.52. The number of phenols is 1. The van der Waals surface area contributed by atoms with E-state index in [1.165, 1.54) is 12.1 Å². The van der Waals surface area contributed by atoms with E-state index in [0.29, 0.717) is 34.5 Å². The van der Waals surface area contributed by atoms with E-state index in [-0.39, 0.29) is 5.75 Å². The Morgan fingerprint density at radius 3 is 2.64 bits per heavy atom. The highest BCUT2D eigenvalue weighted by Crippen LogP contribution is 2.30. The summed E-state index contributed by atoms with van der Waals surface area (Å²) in [5.41, 5.74) is 2.29. The van der Waals surface area contributed by atoms with Crippen LogP contribution in [0.2, 0.25) is 5.02 Å². The van der Waals surface area contributed by atoms with Crippen LogP contribution in [0.3, 0.4) is 0 Å². The van der Waals surface area contributed by atoms with Gasteiger partial charge >= 0.3 is 0 Å². The van der Waals surface area contributed by atoms with Gasteiger partial charge in [0, 0.05) is 26.2 Å². The summed E-state index contributed by atoms with van der Waals surface area (Å²) >= 11 is 6.11. The van der Waals surface area contributed by atoms with Crippen LogP contribution < -0.4 is 0 Å². The van der Waals surface area contributed by atoms with Crippen molar-refractivity contribution in [3.05, 3.63) is 46.8 Å². The first-order chi connectivity index (χ1) is 10.4. The van der Waals surface area contributed by atoms with Gasteiger partial charge < -0.3 is 14.7 Å². The molecule has 0 aliphatic heterocycles. The minimum absolute atomic E-state index is 0.0910. The van der Waals surface area contributed by atoms with E-state index in [1.807, 2.05) is 25.9 Å². The molecule has 0 radical (unpaired) electrons. The lowest BCUT2D eigenvalue weighted by molar-refractivity contribution is 0.249. The summed E-state index contributed by atoms with van der Waals surface area (Å²) in [4.78, 5) is 6.41. The fourth-order valence-electron chi connectivity index (χ4n) is 2.00. The van der Waals surface area contributed by atoms with Gasteiger partial charge in [-0.25, -0.2) is 4.99 Å². The van der Waals surface area contributed by atoms with Gasteiger partial charge in [0.05, 0.1) is 34.4 Å². The molecule has 0 atom stereocenters. The van der Waals surface area contributed by atoms with Crippen LogP contribution in [-0.4, -0.2) is 42.1 Å². The second kappa shape index (κ2) is 6.66. The maximum absolute atomic E-state index is 9.42. The highest BCUT2D eigenvalue weighted by atomic mass is 35.5. The van der Waals surface area contributed by atoms with Crippen LogP contribution in [0.1, 0.15) is 6.92 Å². The Bertz CT molecular complexity index is 691. The number of hydrogen-bond acceptors (Lipinski definition) is 5. The summed E-state index contributed by atoms with van der Waals surface area (Å²) in [6.07, 6.45) is 3.43. The number of ether oxygens (including phenoxy) is 1. The number of phenolic OH excluding ortho intramolecular Hbond substituents is 1. The third kappa shape index (κ3) is 3.49. The zero-order valence-corrected chi connectivity index (χ0v) is 13.5. The first-order valence-electron chi connectivity index (χ1n) is 6.82. The van der Waals surface area contributed by atoms with Crippen molar-refractivity contribution < 1.29 is 9.84 Å². The lowest BCUT2D eigenvalue weighted by atomic mass is 10.1. The monoisotopic (exact) mass is 319 g/mol. The van der Waals surface area contributed by atoms with Crippen LogP contribution in [0.25, 0.3) is 0 Å². The number of nitrogens with zero attached hydrogens (tertiary/aromatic N) is 2. The molecule has 0 unspecified atom stereocenters. The van der Waals surface area contributed by atoms with Crippen LogP contribution in [0, 0.1) is 5.41 Å². The Hall–Kier alpha value is -2.27. The van der Waals surface area contributed by atoms with Crippen LogP contribution in [0.5, 0.6) is 5.75 Å². The van der Waals surface area contributed by atoms with E-state index in [0.717, 1.165) is 5.70 Å². The highest BCUT2D eigenvalue weighted by Gasteiger charge is 2.19. The van der Waals surface area contributed by atoms with Gasteiger partial charge in [-0.05, 0) is 25.1 Å². The molecular formula is C16H18ClN3O2. The Kier molecular flexibility index (Phi) is 4.88. The van der Waals surface area contributed by atoms with Gasteiger partial charge in [0.2, 0.25) is 0 Å². The molecule has 0 saturated heterocycles. The molecule has 116 valence electrons. The lowest BCUT2D eigenvalue weighted by Gasteiger charge is -2.22. The molecule has 1 aliphatic carbocycles. The third-order valence-corrected chi connectivity index (χ3v) is 3.33. The van der Waals surface area contributed by atoms with Crippen molar-refractivity contribution in [3.63, 3.8) is 0 Å². The van der Waals surface area contributed by atoms with Crippen LogP contribution in [0.15, 0.2) is 46.8 Å². The molecule has 0 saturated carbocycles. The van der Waals surface area contributed by atoms with Crippen molar-refractivity contribution in [1.82, 2.24) is 4.90 Å². The van der Waals surface area contributed by atoms with Crippen LogP contribution in [-0.2, 0) is 4.74 Å². The average Bonchev–Trinajstić information content (AvgIpc) is 2.45. The number of hydrogen-bond donors (Lipinski definition) is 2. The van der Waals surface area contributed by atoms with Gasteiger partial charge in [0.15, 0.2) is 0 Å². The van der Waals surface area contributed by atoms with Crippen molar-refractivity contribution in [2.75, 3.05) is 20.7 Å². The van der Waals surface area contributed by atoms with Crippen LogP contribution >= 0.6 is 11.6 Å². The topological polar surface area (TPSA) is 68.9 Å². The van der Waals surface area contributed by atoms with E-state index in [2.05, 4.69) is 4.99 Å². The maximum atomic E-state index is 9.42. The minimum atomic E-state index is 0.0910. The lowest BCUT2D eigenvalue weighted by Crippen LogP contribution is -2.24. The van der Waals surface area contributed by atoms with E-state index >= 15 is 0 Å². The average molecular weight is 320 g/mol. The second-order valence-corrected chi connectivity index (χ2v) is 5.32. The molecule has 5 nitrogen and oxygen atoms in total. The summed E-state index contributed by atoms with van der Waals surface area (Å²) in [6, 6.07) is 4.62. The molecule has 0 bridgehead atoms. The molecule has 0 spiro atoms. The van der Waals surface area contributed by atoms with Crippen LogP contribution in [0.4, 0.5) is 5.69 Å². The summed E-state index contributed by atoms with van der Waals surface area (Å²) in [5, 5.41) is 17.8. The van der Waals surface area contributed by atoms with Crippen molar-refractivity contribution in [3.8, 4) is 5.75 Å². The van der Waals surface area contributed by atoms with Gasteiger partial charge in [0.25, 0.3) is 0 Å². The van der Waals surface area contributed by atoms with E-state index in [9.17, 15) is 5.11 Å². The Balaban J connectivity index is 2.49.